The molecule has 1 aliphatic rings. The first kappa shape index (κ1) is 21.9. The molecule has 0 aliphatic heterocycles. The molecule has 1 heterocycles. The van der Waals surface area contributed by atoms with E-state index in [1.165, 1.54) is 17.6 Å². The van der Waals surface area contributed by atoms with Crippen LogP contribution >= 0.6 is 0 Å². The van der Waals surface area contributed by atoms with Crippen LogP contribution < -0.4 is 0 Å². The quantitative estimate of drug-likeness (QED) is 0.378. The molecule has 1 aromatic heterocycles. The molecule has 0 bridgehead atoms. The highest BCUT2D eigenvalue weighted by molar-refractivity contribution is 5.44. The second-order valence-electron chi connectivity index (χ2n) is 7.37. The van der Waals surface area contributed by atoms with Crippen LogP contribution in [0.3, 0.4) is 0 Å². The summed E-state index contributed by atoms with van der Waals surface area (Å²) in [4.78, 5) is 0. The highest BCUT2D eigenvalue weighted by Gasteiger charge is 2.15. The number of halogens is 1. The minimum absolute atomic E-state index is 0.0449. The molecule has 0 aromatic carbocycles. The number of hydrogen-bond donors (Lipinski definition) is 0. The predicted octanol–water partition coefficient (Wildman–Crippen LogP) is 6.50. The van der Waals surface area contributed by atoms with Gasteiger partial charge < -0.3 is 9.15 Å². The van der Waals surface area contributed by atoms with Crippen LogP contribution in [0.1, 0.15) is 65.2 Å². The molecule has 0 radical (unpaired) electrons. The van der Waals surface area contributed by atoms with E-state index in [2.05, 4.69) is 36.2 Å². The summed E-state index contributed by atoms with van der Waals surface area (Å²) in [6, 6.07) is 0. The molecule has 1 unspecified atom stereocenters. The van der Waals surface area contributed by atoms with E-state index < -0.39 is 0 Å². The SMILES string of the molecule is C/C=C1/CC(C)CC/C1=C/C=C/c1nnc(C/C=C\C/C(=C/F)OC(C)C)o1. The highest BCUT2D eigenvalue weighted by atomic mass is 19.1. The van der Waals surface area contributed by atoms with Crippen LogP contribution in [0.4, 0.5) is 4.39 Å². The average Bonchev–Trinajstić information content (AvgIpc) is 3.12. The largest absolute Gasteiger partial charge is 0.493 e. The lowest BCUT2D eigenvalue weighted by molar-refractivity contribution is 0.139. The van der Waals surface area contributed by atoms with Crippen molar-refractivity contribution in [2.45, 2.75) is 65.9 Å². The summed E-state index contributed by atoms with van der Waals surface area (Å²) in [5.74, 6) is 2.08. The van der Waals surface area contributed by atoms with Gasteiger partial charge in [-0.05, 0) is 57.1 Å². The van der Waals surface area contributed by atoms with Crippen molar-refractivity contribution in [1.82, 2.24) is 10.2 Å². The first-order valence-corrected chi connectivity index (χ1v) is 9.97. The molecule has 1 atom stereocenters. The summed E-state index contributed by atoms with van der Waals surface area (Å²) in [5.41, 5.74) is 2.82. The van der Waals surface area contributed by atoms with Crippen molar-refractivity contribution in [3.05, 3.63) is 65.4 Å². The van der Waals surface area contributed by atoms with Gasteiger partial charge in [0.2, 0.25) is 11.8 Å². The minimum atomic E-state index is -0.0449. The Morgan fingerprint density at radius 2 is 2.11 bits per heavy atom. The summed E-state index contributed by atoms with van der Waals surface area (Å²) in [5, 5.41) is 8.08. The maximum atomic E-state index is 12.7. The van der Waals surface area contributed by atoms with Gasteiger partial charge in [-0.2, -0.15) is 0 Å². The van der Waals surface area contributed by atoms with Crippen LogP contribution in [0.25, 0.3) is 6.08 Å². The van der Waals surface area contributed by atoms with Gasteiger partial charge >= 0.3 is 0 Å². The van der Waals surface area contributed by atoms with Crippen LogP contribution in [-0.2, 0) is 11.2 Å². The van der Waals surface area contributed by atoms with Crippen LogP contribution in [0.2, 0.25) is 0 Å². The third kappa shape index (κ3) is 7.29. The molecule has 4 nitrogen and oxygen atoms in total. The van der Waals surface area contributed by atoms with E-state index in [9.17, 15) is 4.39 Å². The van der Waals surface area contributed by atoms with Crippen LogP contribution in [-0.4, -0.2) is 16.3 Å². The lowest BCUT2D eigenvalue weighted by Gasteiger charge is -2.23. The molecule has 0 saturated heterocycles. The number of nitrogens with zero attached hydrogens (tertiary/aromatic N) is 2. The molecule has 1 aliphatic carbocycles. The molecule has 5 heteroatoms. The van der Waals surface area contributed by atoms with E-state index in [1.807, 2.05) is 38.2 Å². The normalized spacial score (nSPS) is 21.6. The van der Waals surface area contributed by atoms with Gasteiger partial charge in [0.1, 0.15) is 12.1 Å². The summed E-state index contributed by atoms with van der Waals surface area (Å²) < 4.78 is 23.7. The number of ether oxygens (including phenoxy) is 1. The molecule has 0 amide bonds. The van der Waals surface area contributed by atoms with Crippen molar-refractivity contribution in [2.24, 2.45) is 5.92 Å². The Labute approximate surface area is 167 Å². The lowest BCUT2D eigenvalue weighted by atomic mass is 9.82. The first-order chi connectivity index (χ1) is 13.5. The Morgan fingerprint density at radius 1 is 1.29 bits per heavy atom. The Kier molecular flexibility index (Phi) is 8.92. The number of rotatable bonds is 8. The minimum Gasteiger partial charge on any atom is -0.493 e. The van der Waals surface area contributed by atoms with Crippen LogP contribution in [0.15, 0.2) is 58.0 Å². The van der Waals surface area contributed by atoms with Gasteiger partial charge in [0, 0.05) is 18.9 Å². The van der Waals surface area contributed by atoms with Gasteiger partial charge in [-0.3, -0.25) is 0 Å². The fourth-order valence-corrected chi connectivity index (χ4v) is 3.13. The van der Waals surface area contributed by atoms with Gasteiger partial charge in [-0.1, -0.05) is 37.3 Å². The van der Waals surface area contributed by atoms with Gasteiger partial charge in [0.05, 0.1) is 6.10 Å². The predicted molar refractivity (Wildman–Crippen MR) is 111 cm³/mol. The molecule has 28 heavy (non-hydrogen) atoms. The third-order valence-electron chi connectivity index (χ3n) is 4.54. The smallest absolute Gasteiger partial charge is 0.240 e. The lowest BCUT2D eigenvalue weighted by Crippen LogP contribution is -2.07. The first-order valence-electron chi connectivity index (χ1n) is 9.97. The zero-order valence-corrected chi connectivity index (χ0v) is 17.3. The topological polar surface area (TPSA) is 48.2 Å². The standard InChI is InChI=1S/C23H31FN2O2/c1-5-19-15-18(4)13-14-20(19)9-8-12-23-26-25-22(28-23)11-7-6-10-21(16-24)27-17(2)3/h5-9,12,16-18H,10-11,13-15H2,1-4H3/b7-6-,12-8+,19-5-,20-9-,21-16-. The molecule has 1 saturated carbocycles. The summed E-state index contributed by atoms with van der Waals surface area (Å²) >= 11 is 0. The third-order valence-corrected chi connectivity index (χ3v) is 4.54. The molecule has 1 aromatic rings. The average molecular weight is 387 g/mol. The van der Waals surface area contributed by atoms with E-state index in [0.717, 1.165) is 18.8 Å². The van der Waals surface area contributed by atoms with Crippen molar-refractivity contribution in [1.29, 1.82) is 0 Å². The summed E-state index contributed by atoms with van der Waals surface area (Å²) in [6.07, 6.45) is 16.7. The van der Waals surface area contributed by atoms with E-state index in [1.54, 1.807) is 0 Å². The Hall–Kier alpha value is -2.43. The van der Waals surface area contributed by atoms with Crippen molar-refractivity contribution in [3.63, 3.8) is 0 Å². The number of allylic oxidation sites excluding steroid dienone is 7. The van der Waals surface area contributed by atoms with Crippen molar-refractivity contribution < 1.29 is 13.5 Å². The second-order valence-corrected chi connectivity index (χ2v) is 7.37. The zero-order valence-electron chi connectivity index (χ0n) is 17.3. The van der Waals surface area contributed by atoms with Crippen molar-refractivity contribution >= 4 is 6.08 Å². The van der Waals surface area contributed by atoms with Gasteiger partial charge in [0.25, 0.3) is 0 Å². The van der Waals surface area contributed by atoms with E-state index in [4.69, 9.17) is 9.15 Å². The molecule has 152 valence electrons. The maximum absolute atomic E-state index is 12.7. The van der Waals surface area contributed by atoms with Crippen LogP contribution in [0, 0.1) is 5.92 Å². The number of hydrogen-bond acceptors (Lipinski definition) is 4. The molecule has 0 spiro atoms. The van der Waals surface area contributed by atoms with Crippen molar-refractivity contribution in [2.75, 3.05) is 0 Å². The molecular formula is C23H31FN2O2. The Balaban J connectivity index is 1.86. The molecular weight excluding hydrogens is 355 g/mol. The maximum Gasteiger partial charge on any atom is 0.240 e. The van der Waals surface area contributed by atoms with Gasteiger partial charge in [-0.25, -0.2) is 4.39 Å². The summed E-state index contributed by atoms with van der Waals surface area (Å²) in [7, 11) is 0. The Bertz CT molecular complexity index is 769. The zero-order chi connectivity index (χ0) is 20.4. The fraction of sp³-hybridized carbons (Fsp3) is 0.478. The van der Waals surface area contributed by atoms with Crippen molar-refractivity contribution in [3.8, 4) is 0 Å². The second kappa shape index (κ2) is 11.4. The molecule has 1 fully saturated rings. The summed E-state index contributed by atoms with van der Waals surface area (Å²) in [6.45, 7) is 8.14. The molecule has 0 N–H and O–H groups in total. The molecule has 2 rings (SSSR count). The monoisotopic (exact) mass is 386 g/mol. The highest BCUT2D eigenvalue weighted by Crippen LogP contribution is 2.32. The van der Waals surface area contributed by atoms with Gasteiger partial charge in [0.15, 0.2) is 0 Å². The van der Waals surface area contributed by atoms with E-state index in [0.29, 0.717) is 36.7 Å². The van der Waals surface area contributed by atoms with E-state index >= 15 is 0 Å². The fourth-order valence-electron chi connectivity index (χ4n) is 3.13. The van der Waals surface area contributed by atoms with Crippen LogP contribution in [0.5, 0.6) is 0 Å². The number of aromatic nitrogens is 2. The van der Waals surface area contributed by atoms with E-state index in [-0.39, 0.29) is 6.10 Å². The Morgan fingerprint density at radius 3 is 2.82 bits per heavy atom. The van der Waals surface area contributed by atoms with Gasteiger partial charge in [-0.15, -0.1) is 10.2 Å².